The third kappa shape index (κ3) is 3.14. The fourth-order valence-corrected chi connectivity index (χ4v) is 7.81. The maximum atomic E-state index is 12.6. The van der Waals surface area contributed by atoms with Gasteiger partial charge in [-0.2, -0.15) is 4.89 Å². The molecule has 7 atom stereocenters. The van der Waals surface area contributed by atoms with Crippen molar-refractivity contribution in [3.8, 4) is 0 Å². The molecule has 0 aliphatic heterocycles. The maximum absolute atomic E-state index is 12.6. The van der Waals surface area contributed by atoms with E-state index in [0.717, 1.165) is 44.4 Å². The molecule has 0 spiro atoms. The van der Waals surface area contributed by atoms with Crippen molar-refractivity contribution in [1.29, 1.82) is 0 Å². The van der Waals surface area contributed by atoms with Gasteiger partial charge in [0, 0.05) is 11.8 Å². The zero-order chi connectivity index (χ0) is 20.9. The van der Waals surface area contributed by atoms with Crippen molar-refractivity contribution >= 4 is 11.8 Å². The Morgan fingerprint density at radius 3 is 2.57 bits per heavy atom. The summed E-state index contributed by atoms with van der Waals surface area (Å²) < 4.78 is 0. The first-order chi connectivity index (χ1) is 14.4. The molecule has 0 heterocycles. The Bertz CT molecular complexity index is 820. The Morgan fingerprint density at radius 1 is 0.967 bits per heavy atom. The summed E-state index contributed by atoms with van der Waals surface area (Å²) in [6, 6.07) is 9.03. The van der Waals surface area contributed by atoms with Crippen LogP contribution in [0.25, 0.3) is 0 Å². The average molecular weight is 411 g/mol. The van der Waals surface area contributed by atoms with Crippen LogP contribution in [0, 0.1) is 34.5 Å². The number of carbonyl (C=O) groups is 2. The van der Waals surface area contributed by atoms with Gasteiger partial charge in [0.2, 0.25) is 0 Å². The molecule has 0 radical (unpaired) electrons. The Morgan fingerprint density at radius 2 is 1.77 bits per heavy atom. The van der Waals surface area contributed by atoms with Crippen LogP contribution < -0.4 is 0 Å². The zero-order valence-corrected chi connectivity index (χ0v) is 18.3. The third-order valence-electron chi connectivity index (χ3n) is 9.60. The number of hydrogen-bond donors (Lipinski definition) is 0. The normalized spacial score (nSPS) is 42.7. The molecule has 0 N–H and O–H groups in total. The van der Waals surface area contributed by atoms with Gasteiger partial charge in [0.1, 0.15) is 11.9 Å². The minimum absolute atomic E-state index is 0.00537. The standard InChI is InChI=1S/C26H34O4/c1-25-14-12-19(29-30-24(28)17-6-4-3-5-7-17)16-18(25)8-9-20-21-10-11-23(27)26(21,2)15-13-22(20)25/h3-7,18-22H,8-16H2,1-2H3/t18?,19-,20?,21?,22?,25+,26+/m1/s1. The molecule has 0 bridgehead atoms. The van der Waals surface area contributed by atoms with E-state index in [-0.39, 0.29) is 11.5 Å². The Hall–Kier alpha value is -1.68. The second-order valence-electron chi connectivity index (χ2n) is 10.8. The minimum atomic E-state index is -0.412. The molecule has 30 heavy (non-hydrogen) atoms. The van der Waals surface area contributed by atoms with Gasteiger partial charge in [-0.05, 0) is 92.6 Å². The third-order valence-corrected chi connectivity index (χ3v) is 9.60. The summed E-state index contributed by atoms with van der Waals surface area (Å²) in [5.41, 5.74) is 0.810. The molecular formula is C26H34O4. The fourth-order valence-electron chi connectivity index (χ4n) is 7.81. The number of fused-ring (bicyclic) bond motifs is 5. The first-order valence-electron chi connectivity index (χ1n) is 11.9. The average Bonchev–Trinajstić information content (AvgIpc) is 3.07. The van der Waals surface area contributed by atoms with Gasteiger partial charge in [-0.1, -0.05) is 32.0 Å². The van der Waals surface area contributed by atoms with Crippen LogP contribution in [0.15, 0.2) is 30.3 Å². The van der Waals surface area contributed by atoms with Crippen LogP contribution in [-0.4, -0.2) is 17.9 Å². The van der Waals surface area contributed by atoms with E-state index < -0.39 is 5.97 Å². The number of benzene rings is 1. The molecule has 4 nitrogen and oxygen atoms in total. The summed E-state index contributed by atoms with van der Waals surface area (Å²) in [4.78, 5) is 35.6. The largest absolute Gasteiger partial charge is 0.373 e. The fraction of sp³-hybridized carbons (Fsp3) is 0.692. The van der Waals surface area contributed by atoms with E-state index in [1.54, 1.807) is 12.1 Å². The zero-order valence-electron chi connectivity index (χ0n) is 18.3. The van der Waals surface area contributed by atoms with E-state index in [9.17, 15) is 9.59 Å². The summed E-state index contributed by atoms with van der Waals surface area (Å²) in [5.74, 6) is 2.77. The molecule has 4 fully saturated rings. The smallest absolute Gasteiger partial charge is 0.299 e. The van der Waals surface area contributed by atoms with Gasteiger partial charge in [-0.15, -0.1) is 0 Å². The van der Waals surface area contributed by atoms with Gasteiger partial charge in [0.25, 0.3) is 0 Å². The highest BCUT2D eigenvalue weighted by Crippen LogP contribution is 2.65. The highest BCUT2D eigenvalue weighted by molar-refractivity contribution is 5.88. The highest BCUT2D eigenvalue weighted by atomic mass is 17.2. The molecule has 1 aromatic rings. The SMILES string of the molecule is C[C@]12CC[C@@H](OOC(=O)c3ccccc3)CC1CCC1C2CC[C@]2(C)C(=O)CCC12. The van der Waals surface area contributed by atoms with Crippen molar-refractivity contribution < 1.29 is 19.4 Å². The lowest BCUT2D eigenvalue weighted by atomic mass is 9.45. The molecule has 4 aliphatic rings. The minimum Gasteiger partial charge on any atom is -0.299 e. The highest BCUT2D eigenvalue weighted by Gasteiger charge is 2.60. The second-order valence-corrected chi connectivity index (χ2v) is 10.8. The molecule has 5 rings (SSSR count). The van der Waals surface area contributed by atoms with E-state index in [2.05, 4.69) is 13.8 Å². The Labute approximate surface area is 179 Å². The van der Waals surface area contributed by atoms with Crippen LogP contribution in [-0.2, 0) is 14.6 Å². The van der Waals surface area contributed by atoms with Crippen LogP contribution in [0.4, 0.5) is 0 Å². The van der Waals surface area contributed by atoms with Gasteiger partial charge < -0.3 is 0 Å². The topological polar surface area (TPSA) is 52.6 Å². The summed E-state index contributed by atoms with van der Waals surface area (Å²) in [6.45, 7) is 4.75. The molecule has 0 aromatic heterocycles. The van der Waals surface area contributed by atoms with Crippen molar-refractivity contribution in [3.63, 3.8) is 0 Å². The lowest BCUT2D eigenvalue weighted by molar-refractivity contribution is -0.291. The Kier molecular flexibility index (Phi) is 5.04. The van der Waals surface area contributed by atoms with Gasteiger partial charge in [0.15, 0.2) is 0 Å². The van der Waals surface area contributed by atoms with Gasteiger partial charge in [-0.25, -0.2) is 4.79 Å². The van der Waals surface area contributed by atoms with Crippen molar-refractivity contribution in [2.24, 2.45) is 34.5 Å². The van der Waals surface area contributed by atoms with Gasteiger partial charge in [0.05, 0.1) is 5.56 Å². The molecule has 4 aliphatic carbocycles. The lowest BCUT2D eigenvalue weighted by Crippen LogP contribution is -2.54. The molecule has 4 unspecified atom stereocenters. The molecule has 1 aromatic carbocycles. The number of hydrogen-bond acceptors (Lipinski definition) is 4. The van der Waals surface area contributed by atoms with Crippen LogP contribution in [0.3, 0.4) is 0 Å². The number of rotatable bonds is 3. The Balaban J connectivity index is 1.23. The van der Waals surface area contributed by atoms with E-state index in [0.29, 0.717) is 34.5 Å². The van der Waals surface area contributed by atoms with E-state index in [4.69, 9.17) is 9.78 Å². The van der Waals surface area contributed by atoms with Crippen LogP contribution >= 0.6 is 0 Å². The van der Waals surface area contributed by atoms with Crippen LogP contribution in [0.2, 0.25) is 0 Å². The molecule has 162 valence electrons. The maximum Gasteiger partial charge on any atom is 0.373 e. The van der Waals surface area contributed by atoms with Gasteiger partial charge >= 0.3 is 5.97 Å². The van der Waals surface area contributed by atoms with Crippen molar-refractivity contribution in [3.05, 3.63) is 35.9 Å². The lowest BCUT2D eigenvalue weighted by Gasteiger charge is -2.60. The predicted octanol–water partition coefficient (Wildman–Crippen LogP) is 5.76. The monoisotopic (exact) mass is 410 g/mol. The van der Waals surface area contributed by atoms with Crippen molar-refractivity contribution in [2.75, 3.05) is 0 Å². The summed E-state index contributed by atoms with van der Waals surface area (Å²) in [6.07, 6.45) is 9.69. The van der Waals surface area contributed by atoms with Crippen LogP contribution in [0.5, 0.6) is 0 Å². The number of carbonyl (C=O) groups excluding carboxylic acids is 2. The summed E-state index contributed by atoms with van der Waals surface area (Å²) >= 11 is 0. The number of ketones is 1. The predicted molar refractivity (Wildman–Crippen MR) is 113 cm³/mol. The molecule has 4 heteroatoms. The first kappa shape index (κ1) is 20.2. The molecule has 0 amide bonds. The molecular weight excluding hydrogens is 376 g/mol. The first-order valence-corrected chi connectivity index (χ1v) is 11.9. The molecule has 4 saturated carbocycles. The van der Waals surface area contributed by atoms with Crippen molar-refractivity contribution in [1.82, 2.24) is 0 Å². The van der Waals surface area contributed by atoms with E-state index in [1.165, 1.54) is 19.3 Å². The second kappa shape index (κ2) is 7.47. The van der Waals surface area contributed by atoms with Crippen molar-refractivity contribution in [2.45, 2.75) is 77.7 Å². The van der Waals surface area contributed by atoms with E-state index in [1.807, 2.05) is 18.2 Å². The molecule has 0 saturated heterocycles. The van der Waals surface area contributed by atoms with Gasteiger partial charge in [-0.3, -0.25) is 9.68 Å². The number of Topliss-reactive ketones (excluding diaryl/α,β-unsaturated/α-hetero) is 1. The summed E-state index contributed by atoms with van der Waals surface area (Å²) in [7, 11) is 0. The van der Waals surface area contributed by atoms with Crippen LogP contribution in [0.1, 0.15) is 82.0 Å². The quantitative estimate of drug-likeness (QED) is 0.470. The van der Waals surface area contributed by atoms with E-state index >= 15 is 0 Å². The summed E-state index contributed by atoms with van der Waals surface area (Å²) in [5, 5.41) is 0.